The fraction of sp³-hybridized carbons (Fsp3) is 0.645. The minimum absolute atomic E-state index is 0.0605. The van der Waals surface area contributed by atoms with E-state index in [1.807, 2.05) is 0 Å². The van der Waals surface area contributed by atoms with Crippen molar-refractivity contribution in [1.82, 2.24) is 4.98 Å². The molecule has 2 atom stereocenters. The zero-order chi connectivity index (χ0) is 26.4. The summed E-state index contributed by atoms with van der Waals surface area (Å²) >= 11 is 0. The van der Waals surface area contributed by atoms with Gasteiger partial charge in [-0.2, -0.15) is 13.2 Å². The van der Waals surface area contributed by atoms with Crippen LogP contribution in [0.3, 0.4) is 0 Å². The molecular formula is C31H40F3NO2. The number of hydrogen-bond acceptors (Lipinski definition) is 3. The smallest absolute Gasteiger partial charge is 0.384 e. The number of fused-ring (bicyclic) bond motifs is 1. The van der Waals surface area contributed by atoms with Gasteiger partial charge in [-0.25, -0.2) is 0 Å². The molecule has 1 heterocycles. The molecule has 202 valence electrons. The Morgan fingerprint density at radius 3 is 2.11 bits per heavy atom. The monoisotopic (exact) mass is 515 g/mol. The van der Waals surface area contributed by atoms with Gasteiger partial charge in [0.25, 0.3) is 0 Å². The Hall–Kier alpha value is -1.92. The van der Waals surface area contributed by atoms with Crippen LogP contribution < -0.4 is 0 Å². The molecule has 3 nitrogen and oxygen atoms in total. The van der Waals surface area contributed by atoms with Gasteiger partial charge in [0.2, 0.25) is 0 Å². The maximum Gasteiger partial charge on any atom is 0.416 e. The van der Waals surface area contributed by atoms with Crippen LogP contribution in [0, 0.1) is 5.41 Å². The molecular weight excluding hydrogens is 475 g/mol. The van der Waals surface area contributed by atoms with Crippen molar-refractivity contribution in [2.24, 2.45) is 5.41 Å². The molecule has 2 fully saturated rings. The second-order valence-electron chi connectivity index (χ2n) is 12.3. The van der Waals surface area contributed by atoms with E-state index < -0.39 is 17.8 Å². The van der Waals surface area contributed by atoms with Gasteiger partial charge in [0.1, 0.15) is 6.10 Å². The van der Waals surface area contributed by atoms with Crippen LogP contribution in [-0.2, 0) is 17.3 Å². The molecule has 2 saturated carbocycles. The summed E-state index contributed by atoms with van der Waals surface area (Å²) in [4.78, 5) is 5.33. The van der Waals surface area contributed by atoms with E-state index in [9.17, 15) is 18.3 Å². The first kappa shape index (κ1) is 26.7. The summed E-state index contributed by atoms with van der Waals surface area (Å²) in [6.45, 7) is 4.54. The molecule has 3 aliphatic carbocycles. The van der Waals surface area contributed by atoms with Crippen molar-refractivity contribution in [3.63, 3.8) is 0 Å². The first-order valence-corrected chi connectivity index (χ1v) is 14.0. The summed E-state index contributed by atoms with van der Waals surface area (Å²) in [5.74, 6) is 0.585. The molecule has 0 bridgehead atoms. The van der Waals surface area contributed by atoms with Crippen molar-refractivity contribution in [2.75, 3.05) is 7.11 Å². The predicted molar refractivity (Wildman–Crippen MR) is 139 cm³/mol. The maximum absolute atomic E-state index is 13.3. The van der Waals surface area contributed by atoms with E-state index in [2.05, 4.69) is 13.8 Å². The number of hydrogen-bond donors (Lipinski definition) is 1. The van der Waals surface area contributed by atoms with E-state index in [0.29, 0.717) is 11.5 Å². The molecule has 0 aliphatic heterocycles. The van der Waals surface area contributed by atoms with Crippen molar-refractivity contribution < 1.29 is 23.0 Å². The van der Waals surface area contributed by atoms with Gasteiger partial charge in [-0.05, 0) is 73.1 Å². The van der Waals surface area contributed by atoms with Crippen molar-refractivity contribution in [3.8, 4) is 0 Å². The molecule has 1 N–H and O–H groups in total. The van der Waals surface area contributed by atoms with Crippen molar-refractivity contribution >= 4 is 0 Å². The average Bonchev–Trinajstić information content (AvgIpc) is 3.41. The van der Waals surface area contributed by atoms with Crippen LogP contribution in [0.25, 0.3) is 0 Å². The largest absolute Gasteiger partial charge is 0.416 e. The van der Waals surface area contributed by atoms with Crippen LogP contribution in [0.15, 0.2) is 24.3 Å². The molecule has 0 amide bonds. The zero-order valence-corrected chi connectivity index (χ0v) is 22.3. The van der Waals surface area contributed by atoms with E-state index >= 15 is 0 Å². The number of nitrogens with zero attached hydrogens (tertiary/aromatic N) is 1. The maximum atomic E-state index is 13.3. The highest BCUT2D eigenvalue weighted by Gasteiger charge is 2.41. The Morgan fingerprint density at radius 1 is 0.919 bits per heavy atom. The van der Waals surface area contributed by atoms with Gasteiger partial charge in [0, 0.05) is 29.8 Å². The molecule has 0 radical (unpaired) electrons. The summed E-state index contributed by atoms with van der Waals surface area (Å²) in [6, 6.07) is 5.04. The number of halogens is 3. The Morgan fingerprint density at radius 2 is 1.51 bits per heavy atom. The summed E-state index contributed by atoms with van der Waals surface area (Å²) < 4.78 is 45.9. The van der Waals surface area contributed by atoms with E-state index in [1.54, 1.807) is 7.11 Å². The van der Waals surface area contributed by atoms with Crippen molar-refractivity contribution in [3.05, 3.63) is 63.5 Å². The normalized spacial score (nSPS) is 23.7. The lowest BCUT2D eigenvalue weighted by Gasteiger charge is -2.41. The SMILES string of the molecule is CO[C@H]1CC(C)(C)Cc2nc(C3CCCC3)c([C@@H](O)c3ccc(C(F)(F)F)cc3)c(C3CCCCC3)c21. The highest BCUT2D eigenvalue weighted by Crippen LogP contribution is 2.51. The standard InChI is InChI=1S/C31H40F3NO2/c1-30(2)17-23-26(24(18-30)37-3)25(19-9-5-4-6-10-19)27(28(35-23)20-11-7-8-12-20)29(36)21-13-15-22(16-14-21)31(32,33)34/h13-16,19-20,24,29,36H,4-12,17-18H2,1-3H3/t24-,29-/m0/s1. The minimum atomic E-state index is -4.41. The van der Waals surface area contributed by atoms with E-state index in [-0.39, 0.29) is 17.4 Å². The molecule has 37 heavy (non-hydrogen) atoms. The second-order valence-corrected chi connectivity index (χ2v) is 12.3. The molecule has 1 aromatic carbocycles. The highest BCUT2D eigenvalue weighted by molar-refractivity contribution is 5.51. The fourth-order valence-electron chi connectivity index (χ4n) is 7.18. The summed E-state index contributed by atoms with van der Waals surface area (Å²) in [6.07, 6.45) is 6.26. The molecule has 0 saturated heterocycles. The van der Waals surface area contributed by atoms with E-state index in [1.165, 1.54) is 24.1 Å². The van der Waals surface area contributed by atoms with Crippen LogP contribution >= 0.6 is 0 Å². The number of alkyl halides is 3. The van der Waals surface area contributed by atoms with Crippen LogP contribution in [0.1, 0.15) is 141 Å². The third kappa shape index (κ3) is 5.34. The van der Waals surface area contributed by atoms with E-state index in [0.717, 1.165) is 98.9 Å². The quantitative estimate of drug-likeness (QED) is 0.434. The average molecular weight is 516 g/mol. The second kappa shape index (κ2) is 10.3. The Kier molecular flexibility index (Phi) is 7.45. The number of aromatic nitrogens is 1. The molecule has 0 unspecified atom stereocenters. The topological polar surface area (TPSA) is 42.4 Å². The lowest BCUT2D eigenvalue weighted by Crippen LogP contribution is -2.31. The van der Waals surface area contributed by atoms with Crippen LogP contribution in [0.4, 0.5) is 13.2 Å². The van der Waals surface area contributed by atoms with Gasteiger partial charge in [-0.1, -0.05) is 58.1 Å². The summed E-state index contributed by atoms with van der Waals surface area (Å²) in [5, 5.41) is 11.9. The molecule has 5 rings (SSSR count). The highest BCUT2D eigenvalue weighted by atomic mass is 19.4. The van der Waals surface area contributed by atoms with E-state index in [4.69, 9.17) is 9.72 Å². The van der Waals surface area contributed by atoms with Crippen LogP contribution in [-0.4, -0.2) is 17.2 Å². The van der Waals surface area contributed by atoms with Crippen molar-refractivity contribution in [1.29, 1.82) is 0 Å². The third-order valence-electron chi connectivity index (χ3n) is 9.00. The lowest BCUT2D eigenvalue weighted by atomic mass is 9.68. The van der Waals surface area contributed by atoms with Crippen molar-refractivity contribution in [2.45, 2.75) is 115 Å². The van der Waals surface area contributed by atoms with Gasteiger partial charge < -0.3 is 9.84 Å². The Bertz CT molecular complexity index is 1100. The first-order valence-electron chi connectivity index (χ1n) is 14.0. The van der Waals surface area contributed by atoms with Gasteiger partial charge in [0.15, 0.2) is 0 Å². The Labute approximate surface area is 218 Å². The Balaban J connectivity index is 1.73. The van der Waals surface area contributed by atoms with Crippen LogP contribution in [0.2, 0.25) is 0 Å². The van der Waals surface area contributed by atoms with Crippen LogP contribution in [0.5, 0.6) is 0 Å². The third-order valence-corrected chi connectivity index (χ3v) is 9.00. The summed E-state index contributed by atoms with van der Waals surface area (Å²) in [5.41, 5.74) is 5.15. The van der Waals surface area contributed by atoms with Gasteiger partial charge in [-0.3, -0.25) is 4.98 Å². The number of ether oxygens (including phenoxy) is 1. The number of aliphatic hydroxyl groups is 1. The number of aliphatic hydroxyl groups excluding tert-OH is 1. The number of rotatable bonds is 5. The van der Waals surface area contributed by atoms with Gasteiger partial charge >= 0.3 is 6.18 Å². The predicted octanol–water partition coefficient (Wildman–Crippen LogP) is 8.55. The lowest BCUT2D eigenvalue weighted by molar-refractivity contribution is -0.137. The van der Waals surface area contributed by atoms with Gasteiger partial charge in [-0.15, -0.1) is 0 Å². The molecule has 1 aromatic heterocycles. The minimum Gasteiger partial charge on any atom is -0.384 e. The first-order chi connectivity index (χ1) is 17.6. The fourth-order valence-corrected chi connectivity index (χ4v) is 7.18. The molecule has 0 spiro atoms. The number of benzene rings is 1. The molecule has 6 heteroatoms. The summed E-state index contributed by atoms with van der Waals surface area (Å²) in [7, 11) is 1.76. The number of pyridine rings is 1. The molecule has 2 aromatic rings. The number of methoxy groups -OCH3 is 1. The van der Waals surface area contributed by atoms with Gasteiger partial charge in [0.05, 0.1) is 17.4 Å². The zero-order valence-electron chi connectivity index (χ0n) is 22.3. The molecule has 3 aliphatic rings.